The zero-order valence-electron chi connectivity index (χ0n) is 12.2. The molecule has 0 saturated heterocycles. The Hall–Kier alpha value is -1.94. The summed E-state index contributed by atoms with van der Waals surface area (Å²) < 4.78 is 13.9. The van der Waals surface area contributed by atoms with Crippen molar-refractivity contribution in [2.45, 2.75) is 25.9 Å². The molecule has 5 heteroatoms. The first-order chi connectivity index (χ1) is 10.7. The number of nitrogens with zero attached hydrogens (tertiary/aromatic N) is 2. The molecule has 114 valence electrons. The van der Waals surface area contributed by atoms with Crippen molar-refractivity contribution in [3.8, 4) is 0 Å². The van der Waals surface area contributed by atoms with Crippen LogP contribution in [-0.2, 0) is 11.4 Å². The van der Waals surface area contributed by atoms with Gasteiger partial charge in [0.2, 0.25) is 0 Å². The highest BCUT2D eigenvalue weighted by atomic mass is 35.5. The van der Waals surface area contributed by atoms with Crippen molar-refractivity contribution >= 4 is 17.3 Å². The molecule has 3 nitrogen and oxygen atoms in total. The van der Waals surface area contributed by atoms with Crippen LogP contribution in [-0.4, -0.2) is 10.7 Å². The summed E-state index contributed by atoms with van der Waals surface area (Å²) >= 11 is 6.10. The van der Waals surface area contributed by atoms with E-state index < -0.39 is 0 Å². The molecule has 0 bridgehead atoms. The number of rotatable bonds is 5. The van der Waals surface area contributed by atoms with Crippen LogP contribution < -0.4 is 0 Å². The van der Waals surface area contributed by atoms with Crippen LogP contribution in [0.15, 0.2) is 47.9 Å². The third kappa shape index (κ3) is 3.28. The number of aromatic nitrogens is 1. The van der Waals surface area contributed by atoms with Crippen molar-refractivity contribution in [2.75, 3.05) is 0 Å². The third-order valence-corrected chi connectivity index (χ3v) is 4.19. The van der Waals surface area contributed by atoms with E-state index in [1.54, 1.807) is 24.5 Å². The lowest BCUT2D eigenvalue weighted by atomic mass is 10.1. The zero-order valence-corrected chi connectivity index (χ0v) is 12.9. The number of hydrogen-bond donors (Lipinski definition) is 0. The van der Waals surface area contributed by atoms with Gasteiger partial charge in [0, 0.05) is 34.5 Å². The fraction of sp³-hybridized carbons (Fsp3) is 0.294. The quantitative estimate of drug-likeness (QED) is 0.598. The summed E-state index contributed by atoms with van der Waals surface area (Å²) in [7, 11) is 0. The van der Waals surface area contributed by atoms with Crippen molar-refractivity contribution < 1.29 is 9.23 Å². The first-order valence-electron chi connectivity index (χ1n) is 7.16. The predicted molar refractivity (Wildman–Crippen MR) is 84.4 cm³/mol. The maximum atomic E-state index is 13.9. The molecule has 0 aliphatic heterocycles. The Labute approximate surface area is 133 Å². The van der Waals surface area contributed by atoms with Crippen molar-refractivity contribution in [3.05, 3.63) is 64.7 Å². The molecule has 2 atom stereocenters. The molecular formula is C17H16ClFN2O. The van der Waals surface area contributed by atoms with Gasteiger partial charge in [0.05, 0.1) is 5.71 Å². The molecular weight excluding hydrogens is 303 g/mol. The van der Waals surface area contributed by atoms with Crippen molar-refractivity contribution in [3.63, 3.8) is 0 Å². The Kier molecular flexibility index (Phi) is 4.39. The maximum absolute atomic E-state index is 13.9. The van der Waals surface area contributed by atoms with E-state index in [-0.39, 0.29) is 17.7 Å². The summed E-state index contributed by atoms with van der Waals surface area (Å²) in [4.78, 5) is 9.36. The minimum absolute atomic E-state index is 0.0967. The predicted octanol–water partition coefficient (Wildman–Crippen LogP) is 4.57. The molecule has 0 N–H and O–H groups in total. The maximum Gasteiger partial charge on any atom is 0.143 e. The molecule has 0 amide bonds. The molecule has 2 aromatic rings. The van der Waals surface area contributed by atoms with Crippen LogP contribution in [0.1, 0.15) is 30.4 Å². The number of halogens is 2. The SMILES string of the molecule is C/C(=N\OCc1cccnc1)C1CC1c1c(F)cccc1Cl. The van der Waals surface area contributed by atoms with E-state index in [2.05, 4.69) is 10.1 Å². The highest BCUT2D eigenvalue weighted by Crippen LogP contribution is 2.51. The number of benzene rings is 1. The van der Waals surface area contributed by atoms with E-state index in [9.17, 15) is 4.39 Å². The Bertz CT molecular complexity index is 670. The molecule has 1 aliphatic carbocycles. The largest absolute Gasteiger partial charge is 0.391 e. The van der Waals surface area contributed by atoms with Crippen LogP contribution in [0.4, 0.5) is 4.39 Å². The molecule has 0 spiro atoms. The molecule has 3 rings (SSSR count). The van der Waals surface area contributed by atoms with Gasteiger partial charge >= 0.3 is 0 Å². The molecule has 1 aliphatic rings. The van der Waals surface area contributed by atoms with Crippen molar-refractivity contribution in [1.29, 1.82) is 0 Å². The highest BCUT2D eigenvalue weighted by Gasteiger charge is 2.43. The van der Waals surface area contributed by atoms with Gasteiger partial charge in [0.25, 0.3) is 0 Å². The van der Waals surface area contributed by atoms with Gasteiger partial charge in [-0.1, -0.05) is 28.9 Å². The van der Waals surface area contributed by atoms with Gasteiger partial charge in [-0.2, -0.15) is 0 Å². The molecule has 1 saturated carbocycles. The lowest BCUT2D eigenvalue weighted by molar-refractivity contribution is 0.129. The first-order valence-corrected chi connectivity index (χ1v) is 7.54. The summed E-state index contributed by atoms with van der Waals surface area (Å²) in [5.74, 6) is 0.0480. The van der Waals surface area contributed by atoms with E-state index in [1.807, 2.05) is 19.1 Å². The first kappa shape index (κ1) is 15.0. The van der Waals surface area contributed by atoms with Gasteiger partial charge in [-0.05, 0) is 37.5 Å². The molecule has 22 heavy (non-hydrogen) atoms. The Morgan fingerprint density at radius 2 is 2.27 bits per heavy atom. The lowest BCUT2D eigenvalue weighted by Gasteiger charge is -2.05. The second kappa shape index (κ2) is 6.44. The van der Waals surface area contributed by atoms with Crippen LogP contribution in [0, 0.1) is 11.7 Å². The smallest absolute Gasteiger partial charge is 0.143 e. The van der Waals surface area contributed by atoms with E-state index >= 15 is 0 Å². The van der Waals surface area contributed by atoms with E-state index in [0.717, 1.165) is 17.7 Å². The van der Waals surface area contributed by atoms with Crippen LogP contribution in [0.5, 0.6) is 0 Å². The van der Waals surface area contributed by atoms with Crippen molar-refractivity contribution in [2.24, 2.45) is 11.1 Å². The van der Waals surface area contributed by atoms with Crippen LogP contribution in [0.3, 0.4) is 0 Å². The summed E-state index contributed by atoms with van der Waals surface area (Å²) in [5.41, 5.74) is 2.42. The lowest BCUT2D eigenvalue weighted by Crippen LogP contribution is -2.00. The fourth-order valence-corrected chi connectivity index (χ4v) is 2.90. The number of pyridine rings is 1. The second-order valence-corrected chi connectivity index (χ2v) is 5.86. The fourth-order valence-electron chi connectivity index (χ4n) is 2.60. The monoisotopic (exact) mass is 318 g/mol. The molecule has 1 aromatic heterocycles. The van der Waals surface area contributed by atoms with Crippen molar-refractivity contribution in [1.82, 2.24) is 4.98 Å². The minimum atomic E-state index is -0.246. The summed E-state index contributed by atoms with van der Waals surface area (Å²) in [6.45, 7) is 2.28. The van der Waals surface area contributed by atoms with Gasteiger partial charge in [0.15, 0.2) is 0 Å². The average Bonchev–Trinajstić information content (AvgIpc) is 3.28. The van der Waals surface area contributed by atoms with Gasteiger partial charge in [-0.15, -0.1) is 0 Å². The average molecular weight is 319 g/mol. The number of oxime groups is 1. The zero-order chi connectivity index (χ0) is 15.5. The topological polar surface area (TPSA) is 34.5 Å². The Morgan fingerprint density at radius 1 is 1.41 bits per heavy atom. The summed E-state index contributed by atoms with van der Waals surface area (Å²) in [6.07, 6.45) is 4.31. The molecule has 2 unspecified atom stereocenters. The van der Waals surface area contributed by atoms with Gasteiger partial charge < -0.3 is 4.84 Å². The molecule has 1 fully saturated rings. The molecule has 1 heterocycles. The van der Waals surface area contributed by atoms with Gasteiger partial charge in [-0.25, -0.2) is 4.39 Å². The van der Waals surface area contributed by atoms with Crippen LogP contribution >= 0.6 is 11.6 Å². The summed E-state index contributed by atoms with van der Waals surface area (Å²) in [6, 6.07) is 8.57. The molecule has 1 aromatic carbocycles. The second-order valence-electron chi connectivity index (χ2n) is 5.45. The standard InChI is InChI=1S/C17H16ClFN2O/c1-11(21-22-10-12-4-3-7-20-9-12)13-8-14(13)17-15(18)5-2-6-16(17)19/h2-7,9,13-14H,8,10H2,1H3/b21-11+. The van der Waals surface area contributed by atoms with Gasteiger partial charge in [-0.3, -0.25) is 4.98 Å². The number of hydrogen-bond acceptors (Lipinski definition) is 3. The summed E-state index contributed by atoms with van der Waals surface area (Å²) in [5, 5.41) is 4.62. The van der Waals surface area contributed by atoms with E-state index in [4.69, 9.17) is 16.4 Å². The molecule has 0 radical (unpaired) electrons. The van der Waals surface area contributed by atoms with Crippen LogP contribution in [0.25, 0.3) is 0 Å². The Balaban J connectivity index is 1.60. The highest BCUT2D eigenvalue weighted by molar-refractivity contribution is 6.31. The van der Waals surface area contributed by atoms with E-state index in [1.165, 1.54) is 6.07 Å². The van der Waals surface area contributed by atoms with Crippen LogP contribution in [0.2, 0.25) is 5.02 Å². The minimum Gasteiger partial charge on any atom is -0.391 e. The van der Waals surface area contributed by atoms with Gasteiger partial charge in [0.1, 0.15) is 12.4 Å². The third-order valence-electron chi connectivity index (χ3n) is 3.86. The Morgan fingerprint density at radius 3 is 3.00 bits per heavy atom. The van der Waals surface area contributed by atoms with E-state index in [0.29, 0.717) is 17.2 Å². The normalized spacial score (nSPS) is 20.8.